The van der Waals surface area contributed by atoms with E-state index in [9.17, 15) is 19.5 Å². The van der Waals surface area contributed by atoms with Gasteiger partial charge < -0.3 is 14.7 Å². The highest BCUT2D eigenvalue weighted by molar-refractivity contribution is 5.98. The smallest absolute Gasteiger partial charge is 0.329 e. The molecule has 1 aromatic rings. The number of rotatable bonds is 7. The van der Waals surface area contributed by atoms with E-state index >= 15 is 0 Å². The SMILES string of the molecule is CCCc1ccc(C(=O)COC(=O)[C@@H]2CC(O)CN2C(=O)C23CC4CC(CC(C4)C2)C3)cc1. The number of ketones is 1. The molecule has 1 heterocycles. The molecule has 1 aromatic carbocycles. The second-order valence-electron chi connectivity index (χ2n) is 11.0. The molecule has 1 unspecified atom stereocenters. The van der Waals surface area contributed by atoms with Crippen molar-refractivity contribution in [2.24, 2.45) is 23.2 Å². The van der Waals surface area contributed by atoms with Gasteiger partial charge >= 0.3 is 5.97 Å². The number of nitrogens with zero attached hydrogens (tertiary/aromatic N) is 1. The summed E-state index contributed by atoms with van der Waals surface area (Å²) in [4.78, 5) is 40.8. The Morgan fingerprint density at radius 1 is 1.00 bits per heavy atom. The zero-order valence-electron chi connectivity index (χ0n) is 19.5. The highest BCUT2D eigenvalue weighted by atomic mass is 16.5. The number of carbonyl (C=O) groups is 3. The van der Waals surface area contributed by atoms with Crippen LogP contribution in [-0.4, -0.2) is 53.0 Å². The Morgan fingerprint density at radius 3 is 2.18 bits per heavy atom. The number of hydrogen-bond acceptors (Lipinski definition) is 5. The van der Waals surface area contributed by atoms with Crippen LogP contribution >= 0.6 is 0 Å². The molecule has 0 spiro atoms. The highest BCUT2D eigenvalue weighted by Crippen LogP contribution is 2.60. The van der Waals surface area contributed by atoms with Crippen molar-refractivity contribution in [1.82, 2.24) is 4.90 Å². The van der Waals surface area contributed by atoms with Crippen molar-refractivity contribution in [3.8, 4) is 0 Å². The maximum Gasteiger partial charge on any atom is 0.329 e. The van der Waals surface area contributed by atoms with Crippen LogP contribution in [0.25, 0.3) is 0 Å². The van der Waals surface area contributed by atoms with E-state index in [1.807, 2.05) is 12.1 Å². The van der Waals surface area contributed by atoms with Crippen LogP contribution in [0.4, 0.5) is 0 Å². The first-order valence-electron chi connectivity index (χ1n) is 12.6. The lowest BCUT2D eigenvalue weighted by molar-refractivity contribution is -0.165. The van der Waals surface area contributed by atoms with Gasteiger partial charge in [0.15, 0.2) is 12.4 Å². The molecule has 4 saturated carbocycles. The van der Waals surface area contributed by atoms with Gasteiger partial charge in [-0.25, -0.2) is 4.79 Å². The van der Waals surface area contributed by atoms with Crippen molar-refractivity contribution in [2.75, 3.05) is 13.2 Å². The molecule has 4 aliphatic carbocycles. The summed E-state index contributed by atoms with van der Waals surface area (Å²) in [5.74, 6) is 1.06. The van der Waals surface area contributed by atoms with Crippen molar-refractivity contribution in [1.29, 1.82) is 0 Å². The van der Waals surface area contributed by atoms with Gasteiger partial charge in [-0.2, -0.15) is 0 Å². The molecule has 5 fully saturated rings. The van der Waals surface area contributed by atoms with Gasteiger partial charge in [-0.1, -0.05) is 37.6 Å². The van der Waals surface area contributed by atoms with Gasteiger partial charge in [0.1, 0.15) is 6.04 Å². The number of aliphatic hydroxyl groups excluding tert-OH is 1. The number of ether oxygens (including phenoxy) is 1. The zero-order valence-corrected chi connectivity index (χ0v) is 19.5. The summed E-state index contributed by atoms with van der Waals surface area (Å²) in [5.41, 5.74) is 1.31. The molecule has 1 N–H and O–H groups in total. The van der Waals surface area contributed by atoms with Gasteiger partial charge in [-0.3, -0.25) is 9.59 Å². The van der Waals surface area contributed by atoms with E-state index < -0.39 is 18.1 Å². The van der Waals surface area contributed by atoms with Crippen LogP contribution in [0.1, 0.15) is 74.2 Å². The molecule has 6 rings (SSSR count). The molecule has 0 aromatic heterocycles. The van der Waals surface area contributed by atoms with E-state index in [-0.39, 0.29) is 36.7 Å². The molecule has 178 valence electrons. The van der Waals surface area contributed by atoms with E-state index in [0.717, 1.165) is 32.1 Å². The van der Waals surface area contributed by atoms with Crippen molar-refractivity contribution >= 4 is 17.7 Å². The predicted molar refractivity (Wildman–Crippen MR) is 122 cm³/mol. The average molecular weight is 454 g/mol. The van der Waals surface area contributed by atoms with Gasteiger partial charge in [0, 0.05) is 18.5 Å². The third-order valence-electron chi connectivity index (χ3n) is 8.46. The van der Waals surface area contributed by atoms with E-state index in [4.69, 9.17) is 4.74 Å². The van der Waals surface area contributed by atoms with Gasteiger partial charge in [0.25, 0.3) is 0 Å². The Labute approximate surface area is 195 Å². The summed E-state index contributed by atoms with van der Waals surface area (Å²) < 4.78 is 5.37. The van der Waals surface area contributed by atoms with Crippen LogP contribution in [-0.2, 0) is 20.7 Å². The minimum Gasteiger partial charge on any atom is -0.456 e. The molecule has 0 radical (unpaired) electrons. The summed E-state index contributed by atoms with van der Waals surface area (Å²) >= 11 is 0. The number of β-amino-alcohol motifs (C(OH)–C–C–N with tert-alkyl or cyclic N) is 1. The fourth-order valence-electron chi connectivity index (χ4n) is 7.40. The summed E-state index contributed by atoms with van der Waals surface area (Å²) in [7, 11) is 0. The second-order valence-corrected chi connectivity index (χ2v) is 11.0. The lowest BCUT2D eigenvalue weighted by Crippen LogP contribution is -2.56. The Morgan fingerprint density at radius 2 is 1.61 bits per heavy atom. The van der Waals surface area contributed by atoms with Crippen LogP contribution in [0.2, 0.25) is 0 Å². The highest BCUT2D eigenvalue weighted by Gasteiger charge is 2.57. The Hall–Kier alpha value is -2.21. The van der Waals surface area contributed by atoms with E-state index in [2.05, 4.69) is 6.92 Å². The van der Waals surface area contributed by atoms with Gasteiger partial charge in [0.05, 0.1) is 11.5 Å². The van der Waals surface area contributed by atoms with Gasteiger partial charge in [-0.15, -0.1) is 0 Å². The second kappa shape index (κ2) is 8.86. The number of hydrogen-bond donors (Lipinski definition) is 1. The molecule has 1 amide bonds. The van der Waals surface area contributed by atoms with Crippen LogP contribution in [0.5, 0.6) is 0 Å². The Bertz CT molecular complexity index is 888. The first-order valence-corrected chi connectivity index (χ1v) is 12.6. The quantitative estimate of drug-likeness (QED) is 0.504. The lowest BCUT2D eigenvalue weighted by Gasteiger charge is -2.56. The normalized spacial score (nSPS) is 34.5. The number of esters is 1. The minimum atomic E-state index is -0.805. The Kier molecular flexibility index (Phi) is 6.06. The molecular formula is C27H35NO5. The fraction of sp³-hybridized carbons (Fsp3) is 0.667. The number of carbonyl (C=O) groups excluding carboxylic acids is 3. The standard InChI is InChI=1S/C27H35NO5/c1-2-3-17-4-6-21(7-5-17)24(30)16-33-25(31)23-11-22(29)15-28(23)26(32)27-12-18-8-19(13-27)10-20(9-18)14-27/h4-7,18-20,22-23,29H,2-3,8-16H2,1H3/t18?,19?,20?,22?,23-,27?/m0/s1. The predicted octanol–water partition coefficient (Wildman–Crippen LogP) is 3.54. The van der Waals surface area contributed by atoms with Gasteiger partial charge in [0.2, 0.25) is 5.91 Å². The average Bonchev–Trinajstić information content (AvgIpc) is 3.18. The van der Waals surface area contributed by atoms with Crippen LogP contribution < -0.4 is 0 Å². The maximum absolute atomic E-state index is 13.7. The van der Waals surface area contributed by atoms with E-state index in [1.54, 1.807) is 17.0 Å². The first kappa shape index (κ1) is 22.6. The summed E-state index contributed by atoms with van der Waals surface area (Å²) in [6, 6.07) is 6.59. The lowest BCUT2D eigenvalue weighted by atomic mass is 9.49. The summed E-state index contributed by atoms with van der Waals surface area (Å²) in [5, 5.41) is 10.3. The number of aliphatic hydroxyl groups is 1. The molecule has 5 aliphatic rings. The van der Waals surface area contributed by atoms with Crippen LogP contribution in [0.15, 0.2) is 24.3 Å². The van der Waals surface area contributed by atoms with Crippen molar-refractivity contribution in [2.45, 2.75) is 76.9 Å². The Balaban J connectivity index is 1.23. The summed E-state index contributed by atoms with van der Waals surface area (Å²) in [6.07, 6.45) is 7.90. The fourth-order valence-corrected chi connectivity index (χ4v) is 7.40. The number of benzene rings is 1. The number of aryl methyl sites for hydroxylation is 1. The molecular weight excluding hydrogens is 418 g/mol. The number of Topliss-reactive ketones (excluding diaryl/α,β-unsaturated/α-hetero) is 1. The van der Waals surface area contributed by atoms with Crippen molar-refractivity contribution in [3.05, 3.63) is 35.4 Å². The third-order valence-corrected chi connectivity index (χ3v) is 8.46. The molecule has 33 heavy (non-hydrogen) atoms. The van der Waals surface area contributed by atoms with Crippen molar-refractivity contribution in [3.63, 3.8) is 0 Å². The minimum absolute atomic E-state index is 0.0259. The molecule has 1 aliphatic heterocycles. The maximum atomic E-state index is 13.7. The van der Waals surface area contributed by atoms with Gasteiger partial charge in [-0.05, 0) is 68.3 Å². The monoisotopic (exact) mass is 453 g/mol. The van der Waals surface area contributed by atoms with Crippen LogP contribution in [0.3, 0.4) is 0 Å². The topological polar surface area (TPSA) is 83.9 Å². The third kappa shape index (κ3) is 4.34. The molecule has 1 saturated heterocycles. The van der Waals surface area contributed by atoms with Crippen LogP contribution in [0, 0.1) is 23.2 Å². The first-order chi connectivity index (χ1) is 15.9. The molecule has 2 atom stereocenters. The van der Waals surface area contributed by atoms with E-state index in [1.165, 1.54) is 24.8 Å². The van der Waals surface area contributed by atoms with Crippen molar-refractivity contribution < 1.29 is 24.2 Å². The number of likely N-dealkylation sites (tertiary alicyclic amines) is 1. The molecule has 6 nitrogen and oxygen atoms in total. The zero-order chi connectivity index (χ0) is 23.2. The summed E-state index contributed by atoms with van der Waals surface area (Å²) in [6.45, 7) is 1.93. The molecule has 6 heteroatoms. The molecule has 4 bridgehead atoms. The number of amides is 1. The largest absolute Gasteiger partial charge is 0.456 e. The van der Waals surface area contributed by atoms with E-state index in [0.29, 0.717) is 23.3 Å².